The van der Waals surface area contributed by atoms with Crippen molar-refractivity contribution < 1.29 is 19.1 Å². The molecule has 24 heavy (non-hydrogen) atoms. The van der Waals surface area contributed by atoms with Gasteiger partial charge in [0.15, 0.2) is 11.5 Å². The van der Waals surface area contributed by atoms with Gasteiger partial charge in [-0.05, 0) is 26.2 Å². The van der Waals surface area contributed by atoms with Gasteiger partial charge in [0.1, 0.15) is 5.60 Å². The highest BCUT2D eigenvalue weighted by Crippen LogP contribution is 2.24. The molecule has 1 fully saturated rings. The summed E-state index contributed by atoms with van der Waals surface area (Å²) in [6, 6.07) is 0. The summed E-state index contributed by atoms with van der Waals surface area (Å²) < 4.78 is 11.4. The van der Waals surface area contributed by atoms with Crippen LogP contribution in [0.1, 0.15) is 40.5 Å². The number of allylic oxidation sites excluding steroid dienone is 1. The number of hydrogen-bond donors (Lipinski definition) is 1. The van der Waals surface area contributed by atoms with Crippen LogP contribution in [0.2, 0.25) is 0 Å². The smallest absolute Gasteiger partial charge is 0.286 e. The zero-order valence-corrected chi connectivity index (χ0v) is 15.3. The molecule has 0 aromatic carbocycles. The van der Waals surface area contributed by atoms with Crippen LogP contribution in [0.25, 0.3) is 0 Å². The van der Waals surface area contributed by atoms with E-state index in [9.17, 15) is 9.59 Å². The molecule has 0 saturated carbocycles. The molecule has 1 N–H and O–H groups in total. The van der Waals surface area contributed by atoms with Crippen LogP contribution >= 0.6 is 0 Å². The molecule has 2 aliphatic heterocycles. The topological polar surface area (TPSA) is 67.9 Å². The first-order chi connectivity index (χ1) is 11.2. The predicted molar refractivity (Wildman–Crippen MR) is 91.5 cm³/mol. The number of hydrogen-bond acceptors (Lipinski definition) is 5. The molecule has 6 heteroatoms. The van der Waals surface area contributed by atoms with E-state index in [1.165, 1.54) is 6.08 Å². The molecule has 0 aliphatic carbocycles. The molecule has 2 rings (SSSR count). The van der Waals surface area contributed by atoms with Crippen molar-refractivity contribution in [1.29, 1.82) is 0 Å². The lowest BCUT2D eigenvalue weighted by Gasteiger charge is -2.34. The summed E-state index contributed by atoms with van der Waals surface area (Å²) in [4.78, 5) is 26.3. The molecule has 2 heterocycles. The lowest BCUT2D eigenvalue weighted by atomic mass is 9.98. The molecule has 1 amide bonds. The highest BCUT2D eigenvalue weighted by molar-refractivity contribution is 6.01. The Hall–Kier alpha value is -1.40. The monoisotopic (exact) mass is 338 g/mol. The van der Waals surface area contributed by atoms with Crippen LogP contribution in [0, 0.1) is 5.92 Å². The van der Waals surface area contributed by atoms with Crippen LogP contribution < -0.4 is 5.32 Å². The molecular formula is C18H30N2O4. The predicted octanol–water partition coefficient (Wildman–Crippen LogP) is 1.50. The maximum atomic E-state index is 12.2. The molecule has 0 aromatic rings. The van der Waals surface area contributed by atoms with Gasteiger partial charge in [0.05, 0.1) is 12.7 Å². The number of carbonyl (C=O) groups excluding carboxylic acids is 2. The number of rotatable bonds is 6. The molecule has 1 atom stereocenters. The second-order valence-corrected chi connectivity index (χ2v) is 7.70. The van der Waals surface area contributed by atoms with Crippen molar-refractivity contribution in [3.8, 4) is 0 Å². The number of ketones is 1. The van der Waals surface area contributed by atoms with Crippen LogP contribution in [0.4, 0.5) is 0 Å². The SMILES string of the molecule is CC(C)CN1CCO[C@H](CCNC(=O)C2=CC(=O)CC(C)(C)O2)C1. The molecule has 0 aromatic heterocycles. The standard InChI is InChI=1S/C18H30N2O4/c1-13(2)11-20-7-8-23-15(12-20)5-6-19-17(22)16-9-14(21)10-18(3,4)24-16/h9,13,15H,5-8,10-12H2,1-4H3,(H,19,22)/t15-/m1/s1. The average molecular weight is 338 g/mol. The van der Waals surface area contributed by atoms with Crippen molar-refractivity contribution in [2.45, 2.75) is 52.2 Å². The average Bonchev–Trinajstić information content (AvgIpc) is 2.44. The minimum atomic E-state index is -0.623. The van der Waals surface area contributed by atoms with Gasteiger partial charge >= 0.3 is 0 Å². The number of nitrogens with one attached hydrogen (secondary N) is 1. The van der Waals surface area contributed by atoms with Crippen LogP contribution in [0.15, 0.2) is 11.8 Å². The number of carbonyl (C=O) groups is 2. The Labute approximate surface area is 144 Å². The first kappa shape index (κ1) is 18.9. The van der Waals surface area contributed by atoms with E-state index in [2.05, 4.69) is 24.1 Å². The fourth-order valence-electron chi connectivity index (χ4n) is 3.16. The normalized spacial score (nSPS) is 24.5. The molecule has 0 unspecified atom stereocenters. The van der Waals surface area contributed by atoms with Gasteiger partial charge in [-0.2, -0.15) is 0 Å². The fourth-order valence-corrected chi connectivity index (χ4v) is 3.16. The Balaban J connectivity index is 1.75. The molecule has 136 valence electrons. The molecule has 0 spiro atoms. The molecule has 0 radical (unpaired) electrons. The van der Waals surface area contributed by atoms with Crippen LogP contribution in [-0.4, -0.2) is 61.1 Å². The van der Waals surface area contributed by atoms with Crippen molar-refractivity contribution in [3.63, 3.8) is 0 Å². The first-order valence-corrected chi connectivity index (χ1v) is 8.81. The quantitative estimate of drug-likeness (QED) is 0.795. The van der Waals surface area contributed by atoms with E-state index in [0.29, 0.717) is 18.9 Å². The lowest BCUT2D eigenvalue weighted by molar-refractivity contribution is -0.131. The molecule has 2 aliphatic rings. The van der Waals surface area contributed by atoms with Gasteiger partial charge in [0, 0.05) is 38.7 Å². The minimum Gasteiger partial charge on any atom is -0.482 e. The summed E-state index contributed by atoms with van der Waals surface area (Å²) in [6.07, 6.45) is 2.48. The van der Waals surface area contributed by atoms with E-state index in [-0.39, 0.29) is 23.6 Å². The van der Waals surface area contributed by atoms with Crippen LogP contribution in [0.3, 0.4) is 0 Å². The summed E-state index contributed by atoms with van der Waals surface area (Å²) in [7, 11) is 0. The van der Waals surface area contributed by atoms with Gasteiger partial charge in [-0.3, -0.25) is 14.5 Å². The highest BCUT2D eigenvalue weighted by atomic mass is 16.5. The lowest BCUT2D eigenvalue weighted by Crippen LogP contribution is -2.45. The van der Waals surface area contributed by atoms with Crippen molar-refractivity contribution in [2.24, 2.45) is 5.92 Å². The summed E-state index contributed by atoms with van der Waals surface area (Å²) in [5.41, 5.74) is -0.623. The van der Waals surface area contributed by atoms with E-state index in [0.717, 1.165) is 32.7 Å². The maximum Gasteiger partial charge on any atom is 0.286 e. The molecule has 1 saturated heterocycles. The Morgan fingerprint density at radius 2 is 2.21 bits per heavy atom. The maximum absolute atomic E-state index is 12.2. The molecule has 6 nitrogen and oxygen atoms in total. The second-order valence-electron chi connectivity index (χ2n) is 7.70. The van der Waals surface area contributed by atoms with E-state index in [1.54, 1.807) is 0 Å². The van der Waals surface area contributed by atoms with Gasteiger partial charge in [-0.15, -0.1) is 0 Å². The molecular weight excluding hydrogens is 308 g/mol. The summed E-state index contributed by atoms with van der Waals surface area (Å²) in [6.45, 7) is 12.2. The summed E-state index contributed by atoms with van der Waals surface area (Å²) in [5.74, 6) is 0.351. The van der Waals surface area contributed by atoms with Gasteiger partial charge in [-0.1, -0.05) is 13.8 Å². The molecule has 0 bridgehead atoms. The number of amides is 1. The Morgan fingerprint density at radius 3 is 2.88 bits per heavy atom. The Morgan fingerprint density at radius 1 is 1.46 bits per heavy atom. The number of morpholine rings is 1. The van der Waals surface area contributed by atoms with Crippen molar-refractivity contribution in [2.75, 3.05) is 32.8 Å². The van der Waals surface area contributed by atoms with Crippen molar-refractivity contribution >= 4 is 11.7 Å². The summed E-state index contributed by atoms with van der Waals surface area (Å²) >= 11 is 0. The van der Waals surface area contributed by atoms with Gasteiger partial charge in [-0.25, -0.2) is 0 Å². The third kappa shape index (κ3) is 5.91. The highest BCUT2D eigenvalue weighted by Gasteiger charge is 2.31. The van der Waals surface area contributed by atoms with Crippen LogP contribution in [0.5, 0.6) is 0 Å². The summed E-state index contributed by atoms with van der Waals surface area (Å²) in [5, 5.41) is 2.83. The van der Waals surface area contributed by atoms with Gasteiger partial charge in [0.2, 0.25) is 0 Å². The Bertz CT molecular complexity index is 499. The van der Waals surface area contributed by atoms with E-state index in [4.69, 9.17) is 9.47 Å². The fraction of sp³-hybridized carbons (Fsp3) is 0.778. The number of nitrogens with zero attached hydrogens (tertiary/aromatic N) is 1. The zero-order chi connectivity index (χ0) is 17.7. The Kier molecular flexibility index (Phi) is 6.40. The van der Waals surface area contributed by atoms with E-state index < -0.39 is 5.60 Å². The number of ether oxygens (including phenoxy) is 2. The zero-order valence-electron chi connectivity index (χ0n) is 15.3. The van der Waals surface area contributed by atoms with E-state index >= 15 is 0 Å². The van der Waals surface area contributed by atoms with Gasteiger partial charge < -0.3 is 14.8 Å². The minimum absolute atomic E-state index is 0.0728. The van der Waals surface area contributed by atoms with Gasteiger partial charge in [0.25, 0.3) is 5.91 Å². The van der Waals surface area contributed by atoms with E-state index in [1.807, 2.05) is 13.8 Å². The third-order valence-corrected chi connectivity index (χ3v) is 4.10. The largest absolute Gasteiger partial charge is 0.482 e. The van der Waals surface area contributed by atoms with Crippen LogP contribution in [-0.2, 0) is 19.1 Å². The third-order valence-electron chi connectivity index (χ3n) is 4.10. The van der Waals surface area contributed by atoms with Crippen molar-refractivity contribution in [3.05, 3.63) is 11.8 Å². The van der Waals surface area contributed by atoms with Crippen molar-refractivity contribution in [1.82, 2.24) is 10.2 Å². The first-order valence-electron chi connectivity index (χ1n) is 8.81. The second kappa shape index (κ2) is 8.12.